The largest absolute Gasteiger partial charge is 0.326 e. The minimum Gasteiger partial charge on any atom is -0.326 e. The minimum absolute atomic E-state index is 0.106. The Morgan fingerprint density at radius 3 is 2.61 bits per heavy atom. The fourth-order valence-electron chi connectivity index (χ4n) is 1.62. The predicted molar refractivity (Wildman–Crippen MR) is 69.2 cm³/mol. The highest BCUT2D eigenvalue weighted by Gasteiger charge is 2.14. The highest BCUT2D eigenvalue weighted by Crippen LogP contribution is 2.14. The normalized spacial score (nSPS) is 11.4. The highest BCUT2D eigenvalue weighted by atomic mass is 32.2. The molecule has 4 N–H and O–H groups in total. The Bertz CT molecular complexity index is 608. The number of nitrogens with one attached hydrogen (secondary N) is 2. The summed E-state index contributed by atoms with van der Waals surface area (Å²) in [6.45, 7) is 0.317. The van der Waals surface area contributed by atoms with Crippen molar-refractivity contribution in [2.24, 2.45) is 5.73 Å². The molecule has 0 aliphatic heterocycles. The van der Waals surface area contributed by atoms with Crippen molar-refractivity contribution in [1.29, 1.82) is 0 Å². The van der Waals surface area contributed by atoms with E-state index in [9.17, 15) is 8.42 Å². The van der Waals surface area contributed by atoms with Crippen LogP contribution in [0.3, 0.4) is 0 Å². The van der Waals surface area contributed by atoms with Crippen LogP contribution in [-0.4, -0.2) is 18.6 Å². The van der Waals surface area contributed by atoms with E-state index in [0.29, 0.717) is 17.8 Å². The maximum absolute atomic E-state index is 11.9. The van der Waals surface area contributed by atoms with Gasteiger partial charge in [-0.05, 0) is 11.1 Å². The van der Waals surface area contributed by atoms with Crippen molar-refractivity contribution in [2.45, 2.75) is 12.3 Å². The third-order valence-corrected chi connectivity index (χ3v) is 3.69. The van der Waals surface area contributed by atoms with E-state index >= 15 is 0 Å². The molecule has 6 nitrogen and oxygen atoms in total. The zero-order valence-electron chi connectivity index (χ0n) is 9.63. The molecule has 0 saturated heterocycles. The van der Waals surface area contributed by atoms with Crippen LogP contribution in [0.2, 0.25) is 0 Å². The van der Waals surface area contributed by atoms with Gasteiger partial charge >= 0.3 is 0 Å². The van der Waals surface area contributed by atoms with Crippen LogP contribution in [-0.2, 0) is 22.3 Å². The molecule has 0 bridgehead atoms. The molecule has 0 aliphatic rings. The van der Waals surface area contributed by atoms with Gasteiger partial charge in [-0.25, -0.2) is 8.42 Å². The Morgan fingerprint density at radius 1 is 1.28 bits per heavy atom. The maximum atomic E-state index is 11.9. The Labute approximate surface area is 105 Å². The van der Waals surface area contributed by atoms with Crippen molar-refractivity contribution in [2.75, 3.05) is 4.72 Å². The summed E-state index contributed by atoms with van der Waals surface area (Å²) < 4.78 is 26.3. The molecule has 0 spiro atoms. The molecule has 1 heterocycles. The van der Waals surface area contributed by atoms with Crippen molar-refractivity contribution in [1.82, 2.24) is 10.2 Å². The molecule has 0 saturated carbocycles. The third-order valence-electron chi connectivity index (χ3n) is 2.46. The van der Waals surface area contributed by atoms with Crippen LogP contribution in [0.5, 0.6) is 0 Å². The molecule has 1 aromatic heterocycles. The lowest BCUT2D eigenvalue weighted by atomic mass is 10.1. The number of hydrogen-bond acceptors (Lipinski definition) is 4. The summed E-state index contributed by atoms with van der Waals surface area (Å²) in [6.07, 6.45) is 2.89. The number of aromatic amines is 1. The molecule has 0 amide bonds. The number of sulfonamides is 1. The predicted octanol–water partition coefficient (Wildman–Crippen LogP) is 0.810. The summed E-state index contributed by atoms with van der Waals surface area (Å²) >= 11 is 0. The van der Waals surface area contributed by atoms with Gasteiger partial charge in [-0.2, -0.15) is 5.10 Å². The van der Waals surface area contributed by atoms with E-state index < -0.39 is 10.0 Å². The van der Waals surface area contributed by atoms with Crippen LogP contribution in [0.1, 0.15) is 11.1 Å². The van der Waals surface area contributed by atoms with Gasteiger partial charge in [0.1, 0.15) is 0 Å². The van der Waals surface area contributed by atoms with Gasteiger partial charge in [0.05, 0.1) is 17.6 Å². The minimum atomic E-state index is -3.46. The second-order valence-corrected chi connectivity index (χ2v) is 5.54. The summed E-state index contributed by atoms with van der Waals surface area (Å²) in [5, 5.41) is 6.22. The first-order valence-electron chi connectivity index (χ1n) is 5.37. The fraction of sp³-hybridized carbons (Fsp3) is 0.182. The van der Waals surface area contributed by atoms with Crippen molar-refractivity contribution in [3.8, 4) is 0 Å². The number of nitrogens with zero attached hydrogens (tertiary/aromatic N) is 1. The fourth-order valence-corrected chi connectivity index (χ4v) is 2.86. The molecule has 0 fully saturated rings. The van der Waals surface area contributed by atoms with E-state index in [4.69, 9.17) is 5.73 Å². The Balaban J connectivity index is 2.17. The van der Waals surface area contributed by atoms with E-state index in [2.05, 4.69) is 14.9 Å². The summed E-state index contributed by atoms with van der Waals surface area (Å²) in [4.78, 5) is 0. The number of nitrogens with two attached hydrogens (primary N) is 1. The van der Waals surface area contributed by atoms with Crippen molar-refractivity contribution in [3.05, 3.63) is 47.8 Å². The molecular formula is C11H14N4O2S. The van der Waals surface area contributed by atoms with Crippen LogP contribution < -0.4 is 10.5 Å². The van der Waals surface area contributed by atoms with E-state index in [1.807, 2.05) is 12.1 Å². The second kappa shape index (κ2) is 5.19. The number of rotatable bonds is 5. The van der Waals surface area contributed by atoms with Crippen molar-refractivity contribution < 1.29 is 8.42 Å². The lowest BCUT2D eigenvalue weighted by molar-refractivity contribution is 0.600. The van der Waals surface area contributed by atoms with Gasteiger partial charge in [-0.3, -0.25) is 9.82 Å². The van der Waals surface area contributed by atoms with Gasteiger partial charge in [0.2, 0.25) is 10.0 Å². The van der Waals surface area contributed by atoms with Gasteiger partial charge in [0, 0.05) is 12.7 Å². The van der Waals surface area contributed by atoms with E-state index in [1.165, 1.54) is 12.4 Å². The lowest BCUT2D eigenvalue weighted by Crippen LogP contribution is -2.16. The molecule has 7 heteroatoms. The molecule has 0 radical (unpaired) electrons. The van der Waals surface area contributed by atoms with E-state index in [0.717, 1.165) is 5.56 Å². The molecule has 0 aliphatic carbocycles. The quantitative estimate of drug-likeness (QED) is 0.745. The molecule has 0 unspecified atom stereocenters. The topological polar surface area (TPSA) is 101 Å². The smallest absolute Gasteiger partial charge is 0.237 e. The van der Waals surface area contributed by atoms with Crippen LogP contribution in [0.25, 0.3) is 0 Å². The van der Waals surface area contributed by atoms with Crippen LogP contribution >= 0.6 is 0 Å². The SMILES string of the molecule is NCc1ccccc1CS(=O)(=O)Nc1cn[nH]c1. The number of anilines is 1. The Hall–Kier alpha value is -1.86. The molecule has 2 aromatic rings. The Kier molecular flexibility index (Phi) is 3.63. The van der Waals surface area contributed by atoms with Crippen LogP contribution in [0, 0.1) is 0 Å². The molecule has 2 rings (SSSR count). The zero-order valence-corrected chi connectivity index (χ0v) is 10.4. The standard InChI is InChI=1S/C11H14N4O2S/c12-5-9-3-1-2-4-10(9)8-18(16,17)15-11-6-13-14-7-11/h1-4,6-7,15H,5,8,12H2,(H,13,14). The van der Waals surface area contributed by atoms with Gasteiger partial charge in [0.25, 0.3) is 0 Å². The van der Waals surface area contributed by atoms with E-state index in [1.54, 1.807) is 12.1 Å². The third kappa shape index (κ3) is 3.08. The average Bonchev–Trinajstić information content (AvgIpc) is 2.81. The zero-order chi connectivity index (χ0) is 13.0. The second-order valence-electron chi connectivity index (χ2n) is 3.82. The number of benzene rings is 1. The monoisotopic (exact) mass is 266 g/mol. The average molecular weight is 266 g/mol. The molecule has 0 atom stereocenters. The summed E-state index contributed by atoms with van der Waals surface area (Å²) in [6, 6.07) is 7.21. The van der Waals surface area contributed by atoms with Crippen molar-refractivity contribution in [3.63, 3.8) is 0 Å². The van der Waals surface area contributed by atoms with E-state index in [-0.39, 0.29) is 5.75 Å². The molecule has 96 valence electrons. The van der Waals surface area contributed by atoms with Gasteiger partial charge < -0.3 is 5.73 Å². The summed E-state index contributed by atoms with van der Waals surface area (Å²) in [7, 11) is -3.46. The van der Waals surface area contributed by atoms with Gasteiger partial charge in [-0.1, -0.05) is 24.3 Å². The molecule has 1 aromatic carbocycles. The molecule has 18 heavy (non-hydrogen) atoms. The molecular weight excluding hydrogens is 252 g/mol. The first-order valence-corrected chi connectivity index (χ1v) is 7.02. The summed E-state index contributed by atoms with van der Waals surface area (Å²) in [5.74, 6) is -0.106. The van der Waals surface area contributed by atoms with Gasteiger partial charge in [-0.15, -0.1) is 0 Å². The van der Waals surface area contributed by atoms with Gasteiger partial charge in [0.15, 0.2) is 0 Å². The van der Waals surface area contributed by atoms with Crippen LogP contribution in [0.4, 0.5) is 5.69 Å². The lowest BCUT2D eigenvalue weighted by Gasteiger charge is -2.09. The number of hydrogen-bond donors (Lipinski definition) is 3. The van der Waals surface area contributed by atoms with Crippen LogP contribution in [0.15, 0.2) is 36.7 Å². The first-order chi connectivity index (χ1) is 8.61. The first kappa shape index (κ1) is 12.6. The Morgan fingerprint density at radius 2 is 2.00 bits per heavy atom. The summed E-state index contributed by atoms with van der Waals surface area (Å²) in [5.41, 5.74) is 7.53. The number of H-pyrrole nitrogens is 1. The highest BCUT2D eigenvalue weighted by molar-refractivity contribution is 7.91. The van der Waals surface area contributed by atoms with Crippen molar-refractivity contribution >= 4 is 15.7 Å². The maximum Gasteiger partial charge on any atom is 0.237 e. The number of aromatic nitrogens is 2.